The molecule has 2 aromatic rings. The van der Waals surface area contributed by atoms with E-state index < -0.39 is 0 Å². The minimum atomic E-state index is 0.386. The molecule has 0 spiro atoms. The second kappa shape index (κ2) is 6.58. The van der Waals surface area contributed by atoms with Crippen LogP contribution in [0.15, 0.2) is 24.0 Å². The number of thiazole rings is 1. The highest BCUT2D eigenvalue weighted by Crippen LogP contribution is 2.27. The summed E-state index contributed by atoms with van der Waals surface area (Å²) in [5.41, 5.74) is 0. The quantitative estimate of drug-likeness (QED) is 0.858. The van der Waals surface area contributed by atoms with Crippen molar-refractivity contribution in [3.63, 3.8) is 0 Å². The van der Waals surface area contributed by atoms with Crippen molar-refractivity contribution in [2.45, 2.75) is 13.0 Å². The predicted molar refractivity (Wildman–Crippen MR) is 90.7 cm³/mol. The fraction of sp³-hybridized carbons (Fsp3) is 0.533. The number of piperazine rings is 1. The van der Waals surface area contributed by atoms with Crippen molar-refractivity contribution in [1.82, 2.24) is 19.9 Å². The van der Waals surface area contributed by atoms with E-state index in [1.54, 1.807) is 23.7 Å². The Labute approximate surface area is 135 Å². The molecule has 118 valence electrons. The molecule has 3 rings (SSSR count). The van der Waals surface area contributed by atoms with Gasteiger partial charge in [-0.1, -0.05) is 0 Å². The average Bonchev–Trinajstić information content (AvgIpc) is 3.09. The molecule has 7 heteroatoms. The van der Waals surface area contributed by atoms with Crippen LogP contribution in [0.4, 0.5) is 11.6 Å². The van der Waals surface area contributed by atoms with Gasteiger partial charge < -0.3 is 9.80 Å². The molecule has 1 atom stereocenters. The van der Waals surface area contributed by atoms with Gasteiger partial charge in [0.25, 0.3) is 0 Å². The minimum absolute atomic E-state index is 0.386. The standard InChI is InChI=1S/C15H22N6S/c1-12(15-18-6-11-22-15)20-7-9-21(10-8-20)14-13(19(2)3)16-4-5-17-14/h4-6,11-12H,7-10H2,1-3H3. The Morgan fingerprint density at radius 2 is 1.77 bits per heavy atom. The van der Waals surface area contributed by atoms with Gasteiger partial charge in [0, 0.05) is 64.2 Å². The van der Waals surface area contributed by atoms with E-state index in [0.29, 0.717) is 6.04 Å². The molecule has 0 aliphatic carbocycles. The fourth-order valence-corrected chi connectivity index (χ4v) is 3.51. The van der Waals surface area contributed by atoms with Gasteiger partial charge in [-0.25, -0.2) is 15.0 Å². The minimum Gasteiger partial charge on any atom is -0.360 e. The van der Waals surface area contributed by atoms with Crippen LogP contribution in [0.3, 0.4) is 0 Å². The van der Waals surface area contributed by atoms with Crippen molar-refractivity contribution in [3.05, 3.63) is 29.0 Å². The van der Waals surface area contributed by atoms with Crippen molar-refractivity contribution in [1.29, 1.82) is 0 Å². The largest absolute Gasteiger partial charge is 0.360 e. The Morgan fingerprint density at radius 3 is 2.41 bits per heavy atom. The first-order chi connectivity index (χ1) is 10.7. The lowest BCUT2D eigenvalue weighted by atomic mass is 10.2. The highest BCUT2D eigenvalue weighted by atomic mass is 32.1. The molecule has 1 unspecified atom stereocenters. The lowest BCUT2D eigenvalue weighted by Crippen LogP contribution is -2.47. The van der Waals surface area contributed by atoms with Gasteiger partial charge in [-0.3, -0.25) is 4.90 Å². The second-order valence-electron chi connectivity index (χ2n) is 5.67. The predicted octanol–water partition coefficient (Wildman–Crippen LogP) is 1.88. The summed E-state index contributed by atoms with van der Waals surface area (Å²) >= 11 is 1.73. The highest BCUT2D eigenvalue weighted by molar-refractivity contribution is 7.09. The lowest BCUT2D eigenvalue weighted by Gasteiger charge is -2.38. The number of aromatic nitrogens is 3. The number of hydrogen-bond donors (Lipinski definition) is 0. The second-order valence-corrected chi connectivity index (χ2v) is 6.59. The smallest absolute Gasteiger partial charge is 0.172 e. The van der Waals surface area contributed by atoms with Crippen LogP contribution in [0.5, 0.6) is 0 Å². The number of hydrogen-bond acceptors (Lipinski definition) is 7. The van der Waals surface area contributed by atoms with Gasteiger partial charge in [0.05, 0.1) is 6.04 Å². The molecular weight excluding hydrogens is 296 g/mol. The van der Waals surface area contributed by atoms with Gasteiger partial charge in [-0.2, -0.15) is 0 Å². The zero-order valence-electron chi connectivity index (χ0n) is 13.3. The van der Waals surface area contributed by atoms with E-state index >= 15 is 0 Å². The summed E-state index contributed by atoms with van der Waals surface area (Å²) in [6, 6.07) is 0.386. The molecule has 1 saturated heterocycles. The zero-order valence-corrected chi connectivity index (χ0v) is 14.1. The molecule has 1 aliphatic heterocycles. The molecule has 6 nitrogen and oxygen atoms in total. The van der Waals surface area contributed by atoms with Gasteiger partial charge >= 0.3 is 0 Å². The van der Waals surface area contributed by atoms with Crippen molar-refractivity contribution in [3.8, 4) is 0 Å². The molecule has 0 aromatic carbocycles. The molecule has 3 heterocycles. The first-order valence-electron chi connectivity index (χ1n) is 7.53. The molecule has 1 fully saturated rings. The van der Waals surface area contributed by atoms with Gasteiger partial charge in [-0.15, -0.1) is 11.3 Å². The molecule has 2 aromatic heterocycles. The number of anilines is 2. The normalized spacial score (nSPS) is 17.5. The summed E-state index contributed by atoms with van der Waals surface area (Å²) in [6.45, 7) is 6.21. The van der Waals surface area contributed by atoms with E-state index in [2.05, 4.69) is 31.7 Å². The molecule has 0 N–H and O–H groups in total. The first-order valence-corrected chi connectivity index (χ1v) is 8.41. The van der Waals surface area contributed by atoms with Crippen molar-refractivity contribution < 1.29 is 0 Å². The molecule has 0 amide bonds. The maximum atomic E-state index is 4.54. The van der Waals surface area contributed by atoms with Crippen molar-refractivity contribution in [2.75, 3.05) is 50.1 Å². The molecule has 0 saturated carbocycles. The Morgan fingerprint density at radius 1 is 1.05 bits per heavy atom. The Bertz CT molecular complexity index is 592. The van der Waals surface area contributed by atoms with Crippen molar-refractivity contribution >= 4 is 23.0 Å². The van der Waals surface area contributed by atoms with Crippen LogP contribution in [0.1, 0.15) is 18.0 Å². The maximum Gasteiger partial charge on any atom is 0.172 e. The van der Waals surface area contributed by atoms with E-state index in [1.807, 2.05) is 30.6 Å². The molecule has 1 aliphatic rings. The summed E-state index contributed by atoms with van der Waals surface area (Å²) < 4.78 is 0. The summed E-state index contributed by atoms with van der Waals surface area (Å²) in [4.78, 5) is 20.3. The van der Waals surface area contributed by atoms with Crippen LogP contribution in [0.2, 0.25) is 0 Å². The first kappa shape index (κ1) is 15.2. The molecular formula is C15H22N6S. The van der Waals surface area contributed by atoms with Crippen LogP contribution < -0.4 is 9.80 Å². The van der Waals surface area contributed by atoms with E-state index in [1.165, 1.54) is 5.01 Å². The molecule has 0 bridgehead atoms. The molecule has 0 radical (unpaired) electrons. The summed E-state index contributed by atoms with van der Waals surface area (Å²) in [7, 11) is 4.02. The Kier molecular flexibility index (Phi) is 4.54. The lowest BCUT2D eigenvalue weighted by molar-refractivity contribution is 0.198. The number of nitrogens with zero attached hydrogens (tertiary/aromatic N) is 6. The highest BCUT2D eigenvalue weighted by Gasteiger charge is 2.25. The average molecular weight is 318 g/mol. The molecule has 22 heavy (non-hydrogen) atoms. The van der Waals surface area contributed by atoms with Gasteiger partial charge in [-0.05, 0) is 6.92 Å². The maximum absolute atomic E-state index is 4.54. The SMILES string of the molecule is CC(c1nccs1)N1CCN(c2nccnc2N(C)C)CC1. The van der Waals surface area contributed by atoms with Crippen LogP contribution in [-0.2, 0) is 0 Å². The van der Waals surface area contributed by atoms with E-state index in [4.69, 9.17) is 0 Å². The Hall–Kier alpha value is -1.73. The van der Waals surface area contributed by atoms with Gasteiger partial charge in [0.1, 0.15) is 5.01 Å². The third kappa shape index (κ3) is 3.05. The van der Waals surface area contributed by atoms with Crippen LogP contribution in [0, 0.1) is 0 Å². The van der Waals surface area contributed by atoms with Crippen LogP contribution in [-0.4, -0.2) is 60.1 Å². The number of rotatable bonds is 4. The van der Waals surface area contributed by atoms with E-state index in [-0.39, 0.29) is 0 Å². The fourth-order valence-electron chi connectivity index (χ4n) is 2.78. The van der Waals surface area contributed by atoms with E-state index in [0.717, 1.165) is 37.8 Å². The summed E-state index contributed by atoms with van der Waals surface area (Å²) in [5.74, 6) is 1.91. The van der Waals surface area contributed by atoms with E-state index in [9.17, 15) is 0 Å². The Balaban J connectivity index is 1.67. The van der Waals surface area contributed by atoms with Crippen molar-refractivity contribution in [2.24, 2.45) is 0 Å². The third-order valence-corrected chi connectivity index (χ3v) is 5.00. The van der Waals surface area contributed by atoms with Gasteiger partial charge in [0.2, 0.25) is 0 Å². The summed E-state index contributed by atoms with van der Waals surface area (Å²) in [6.07, 6.45) is 5.40. The van der Waals surface area contributed by atoms with Crippen LogP contribution in [0.25, 0.3) is 0 Å². The van der Waals surface area contributed by atoms with Gasteiger partial charge in [0.15, 0.2) is 11.6 Å². The monoisotopic (exact) mass is 318 g/mol. The topological polar surface area (TPSA) is 48.4 Å². The zero-order chi connectivity index (χ0) is 15.5. The van der Waals surface area contributed by atoms with Crippen LogP contribution >= 0.6 is 11.3 Å². The third-order valence-electron chi connectivity index (χ3n) is 4.05. The summed E-state index contributed by atoms with van der Waals surface area (Å²) in [5, 5.41) is 3.24.